The summed E-state index contributed by atoms with van der Waals surface area (Å²) in [6, 6.07) is 7.41. The summed E-state index contributed by atoms with van der Waals surface area (Å²) < 4.78 is 0. The molecule has 0 aliphatic carbocycles. The van der Waals surface area contributed by atoms with Crippen molar-refractivity contribution in [3.8, 4) is 0 Å². The summed E-state index contributed by atoms with van der Waals surface area (Å²) in [5, 5.41) is 17.0. The first kappa shape index (κ1) is 16.2. The van der Waals surface area contributed by atoms with Gasteiger partial charge in [-0.3, -0.25) is 14.9 Å². The lowest BCUT2D eigenvalue weighted by Crippen LogP contribution is -2.51. The first-order valence-corrected chi connectivity index (χ1v) is 7.23. The van der Waals surface area contributed by atoms with Crippen LogP contribution in [0.25, 0.3) is 0 Å². The van der Waals surface area contributed by atoms with Crippen LogP contribution < -0.4 is 21.5 Å². The first-order chi connectivity index (χ1) is 10.5. The number of rotatable bonds is 6. The highest BCUT2D eigenvalue weighted by molar-refractivity contribution is 5.82. The predicted molar refractivity (Wildman–Crippen MR) is 82.8 cm³/mol. The van der Waals surface area contributed by atoms with Gasteiger partial charge in [-0.05, 0) is 26.0 Å². The van der Waals surface area contributed by atoms with E-state index in [2.05, 4.69) is 21.5 Å². The standard InChI is InChI=1S/C14H21N5O3/c1-9(16-11-6-4-3-5-7-11)8-15-14(20)12-13(19(21)22)10(2)17-18-12/h3-7,9-10,12-13,16-18H,8H2,1-2H3,(H,15,20). The van der Waals surface area contributed by atoms with E-state index in [0.717, 1.165) is 5.69 Å². The van der Waals surface area contributed by atoms with Crippen LogP contribution in [0.2, 0.25) is 0 Å². The van der Waals surface area contributed by atoms with Gasteiger partial charge in [-0.15, -0.1) is 0 Å². The second kappa shape index (κ2) is 7.19. The van der Waals surface area contributed by atoms with Crippen molar-refractivity contribution >= 4 is 11.6 Å². The highest BCUT2D eigenvalue weighted by atomic mass is 16.6. The van der Waals surface area contributed by atoms with Crippen molar-refractivity contribution in [2.75, 3.05) is 11.9 Å². The van der Waals surface area contributed by atoms with Crippen molar-refractivity contribution in [3.63, 3.8) is 0 Å². The fourth-order valence-electron chi connectivity index (χ4n) is 2.44. The number of para-hydroxylation sites is 1. The number of carbonyl (C=O) groups is 1. The number of hydrogen-bond acceptors (Lipinski definition) is 6. The summed E-state index contributed by atoms with van der Waals surface area (Å²) in [6.07, 6.45) is 0. The normalized spacial score (nSPS) is 25.5. The number of benzene rings is 1. The maximum atomic E-state index is 12.1. The molecular formula is C14H21N5O3. The van der Waals surface area contributed by atoms with Crippen molar-refractivity contribution in [2.45, 2.75) is 38.0 Å². The summed E-state index contributed by atoms with van der Waals surface area (Å²) in [7, 11) is 0. The average molecular weight is 307 g/mol. The van der Waals surface area contributed by atoms with Gasteiger partial charge in [-0.25, -0.2) is 10.9 Å². The second-order valence-corrected chi connectivity index (χ2v) is 5.49. The molecule has 1 aromatic carbocycles. The van der Waals surface area contributed by atoms with Crippen molar-refractivity contribution in [2.24, 2.45) is 0 Å². The van der Waals surface area contributed by atoms with Crippen LogP contribution in [-0.2, 0) is 4.79 Å². The van der Waals surface area contributed by atoms with Gasteiger partial charge in [-0.2, -0.15) is 0 Å². The second-order valence-electron chi connectivity index (χ2n) is 5.49. The van der Waals surface area contributed by atoms with Crippen LogP contribution in [0, 0.1) is 10.1 Å². The predicted octanol–water partition coefficient (Wildman–Crippen LogP) is 0.113. The van der Waals surface area contributed by atoms with Crippen molar-refractivity contribution in [3.05, 3.63) is 40.4 Å². The Morgan fingerprint density at radius 2 is 2.05 bits per heavy atom. The molecule has 1 aliphatic heterocycles. The van der Waals surface area contributed by atoms with Crippen LogP contribution in [0.3, 0.4) is 0 Å². The molecule has 4 N–H and O–H groups in total. The lowest BCUT2D eigenvalue weighted by molar-refractivity contribution is -0.523. The van der Waals surface area contributed by atoms with E-state index < -0.39 is 23.0 Å². The number of nitrogens with one attached hydrogen (secondary N) is 4. The van der Waals surface area contributed by atoms with E-state index in [4.69, 9.17) is 0 Å². The van der Waals surface area contributed by atoms with Crippen LogP contribution in [0.5, 0.6) is 0 Å². The van der Waals surface area contributed by atoms with Crippen molar-refractivity contribution in [1.82, 2.24) is 16.2 Å². The fourth-order valence-corrected chi connectivity index (χ4v) is 2.44. The number of nitrogens with zero attached hydrogens (tertiary/aromatic N) is 1. The monoisotopic (exact) mass is 307 g/mol. The number of hydrogen-bond donors (Lipinski definition) is 4. The van der Waals surface area contributed by atoms with Gasteiger partial charge in [0.15, 0.2) is 6.04 Å². The van der Waals surface area contributed by atoms with E-state index in [9.17, 15) is 14.9 Å². The molecule has 1 aromatic rings. The Balaban J connectivity index is 1.83. The number of anilines is 1. The molecule has 0 bridgehead atoms. The molecule has 1 fully saturated rings. The summed E-state index contributed by atoms with van der Waals surface area (Å²) in [5.41, 5.74) is 6.39. The third-order valence-corrected chi connectivity index (χ3v) is 3.62. The van der Waals surface area contributed by atoms with E-state index in [1.807, 2.05) is 37.3 Å². The van der Waals surface area contributed by atoms with E-state index >= 15 is 0 Å². The molecule has 0 saturated carbocycles. The van der Waals surface area contributed by atoms with Crippen LogP contribution in [-0.4, -0.2) is 41.5 Å². The van der Waals surface area contributed by atoms with Gasteiger partial charge in [0.2, 0.25) is 5.91 Å². The quantitative estimate of drug-likeness (QED) is 0.439. The minimum Gasteiger partial charge on any atom is -0.381 e. The smallest absolute Gasteiger partial charge is 0.254 e. The average Bonchev–Trinajstić information content (AvgIpc) is 2.88. The molecule has 22 heavy (non-hydrogen) atoms. The molecule has 8 nitrogen and oxygen atoms in total. The number of amides is 1. The number of carbonyl (C=O) groups excluding carboxylic acids is 1. The van der Waals surface area contributed by atoms with Crippen LogP contribution in [0.15, 0.2) is 30.3 Å². The fraction of sp³-hybridized carbons (Fsp3) is 0.500. The van der Waals surface area contributed by atoms with Crippen LogP contribution in [0.1, 0.15) is 13.8 Å². The zero-order chi connectivity index (χ0) is 16.1. The topological polar surface area (TPSA) is 108 Å². The lowest BCUT2D eigenvalue weighted by Gasteiger charge is -2.18. The van der Waals surface area contributed by atoms with E-state index in [1.165, 1.54) is 0 Å². The van der Waals surface area contributed by atoms with Crippen molar-refractivity contribution in [1.29, 1.82) is 0 Å². The molecule has 8 heteroatoms. The Morgan fingerprint density at radius 1 is 1.36 bits per heavy atom. The molecule has 120 valence electrons. The Kier molecular flexibility index (Phi) is 5.29. The summed E-state index contributed by atoms with van der Waals surface area (Å²) in [4.78, 5) is 22.7. The molecular weight excluding hydrogens is 286 g/mol. The molecule has 4 unspecified atom stereocenters. The Morgan fingerprint density at radius 3 is 2.68 bits per heavy atom. The number of hydrazine groups is 1. The molecule has 1 amide bonds. The summed E-state index contributed by atoms with van der Waals surface area (Å²) >= 11 is 0. The Labute approximate surface area is 128 Å². The third kappa shape index (κ3) is 3.92. The molecule has 1 heterocycles. The number of nitro groups is 1. The van der Waals surface area contributed by atoms with Gasteiger partial charge < -0.3 is 10.6 Å². The molecule has 1 aliphatic rings. The van der Waals surface area contributed by atoms with E-state index in [0.29, 0.717) is 6.54 Å². The highest BCUT2D eigenvalue weighted by Gasteiger charge is 2.46. The van der Waals surface area contributed by atoms with Crippen molar-refractivity contribution < 1.29 is 9.72 Å². The largest absolute Gasteiger partial charge is 0.381 e. The zero-order valence-electron chi connectivity index (χ0n) is 12.6. The van der Waals surface area contributed by atoms with E-state index in [1.54, 1.807) is 6.92 Å². The third-order valence-electron chi connectivity index (χ3n) is 3.62. The lowest BCUT2D eigenvalue weighted by atomic mass is 10.0. The minimum absolute atomic E-state index is 0.00666. The molecule has 0 spiro atoms. The molecule has 2 rings (SSSR count). The van der Waals surface area contributed by atoms with Crippen LogP contribution in [0.4, 0.5) is 5.69 Å². The SMILES string of the molecule is CC(CNC(=O)C1NNC(C)C1[N+](=O)[O-])Nc1ccccc1. The van der Waals surface area contributed by atoms with Gasteiger partial charge >= 0.3 is 0 Å². The van der Waals surface area contributed by atoms with E-state index in [-0.39, 0.29) is 11.9 Å². The maximum Gasteiger partial charge on any atom is 0.254 e. The van der Waals surface area contributed by atoms with Gasteiger partial charge in [-0.1, -0.05) is 18.2 Å². The van der Waals surface area contributed by atoms with Gasteiger partial charge in [0.05, 0.1) is 6.04 Å². The zero-order valence-corrected chi connectivity index (χ0v) is 12.6. The van der Waals surface area contributed by atoms with Gasteiger partial charge in [0, 0.05) is 23.2 Å². The highest BCUT2D eigenvalue weighted by Crippen LogP contribution is 2.10. The Bertz CT molecular complexity index is 524. The Hall–Kier alpha value is -2.19. The minimum atomic E-state index is -0.975. The molecule has 4 atom stereocenters. The summed E-state index contributed by atoms with van der Waals surface area (Å²) in [6.45, 7) is 3.99. The maximum absolute atomic E-state index is 12.1. The molecule has 0 radical (unpaired) electrons. The molecule has 0 aromatic heterocycles. The first-order valence-electron chi connectivity index (χ1n) is 7.23. The van der Waals surface area contributed by atoms with Gasteiger partial charge in [0.1, 0.15) is 0 Å². The van der Waals surface area contributed by atoms with Gasteiger partial charge in [0.25, 0.3) is 6.04 Å². The summed E-state index contributed by atoms with van der Waals surface area (Å²) in [5.74, 6) is -0.375. The molecule has 1 saturated heterocycles. The van der Waals surface area contributed by atoms with Crippen LogP contribution >= 0.6 is 0 Å².